The van der Waals surface area contributed by atoms with Gasteiger partial charge in [-0.1, -0.05) is 18.2 Å². The van der Waals surface area contributed by atoms with Crippen molar-refractivity contribution in [3.8, 4) is 0 Å². The Balaban J connectivity index is 2.12. The molecule has 0 unspecified atom stereocenters. The number of rotatable bonds is 0. The van der Waals surface area contributed by atoms with Gasteiger partial charge in [-0.3, -0.25) is 0 Å². The van der Waals surface area contributed by atoms with Crippen LogP contribution in [0.5, 0.6) is 0 Å². The average molecular weight is 222 g/mol. The molecule has 17 heavy (non-hydrogen) atoms. The second-order valence-corrected chi connectivity index (χ2v) is 4.95. The van der Waals surface area contributed by atoms with E-state index in [1.807, 2.05) is 6.07 Å². The first kappa shape index (κ1) is 9.29. The molecule has 0 spiro atoms. The molecule has 0 saturated heterocycles. The van der Waals surface area contributed by atoms with Crippen LogP contribution in [0.3, 0.4) is 0 Å². The van der Waals surface area contributed by atoms with Crippen LogP contribution in [0, 0.1) is 0 Å². The summed E-state index contributed by atoms with van der Waals surface area (Å²) in [7, 11) is 0. The number of benzene rings is 2. The van der Waals surface area contributed by atoms with Gasteiger partial charge in [-0.2, -0.15) is 0 Å². The molecule has 2 aromatic carbocycles. The first-order valence-corrected chi connectivity index (χ1v) is 6.33. The molecule has 0 N–H and O–H groups in total. The maximum absolute atomic E-state index is 5.62. The summed E-state index contributed by atoms with van der Waals surface area (Å²) in [5, 5.41) is 3.79. The van der Waals surface area contributed by atoms with E-state index in [2.05, 4.69) is 24.3 Å². The van der Waals surface area contributed by atoms with Gasteiger partial charge in [-0.15, -0.1) is 0 Å². The maximum Gasteiger partial charge on any atom is 0.141 e. The van der Waals surface area contributed by atoms with Gasteiger partial charge in [0.15, 0.2) is 0 Å². The Kier molecular flexibility index (Phi) is 1.84. The van der Waals surface area contributed by atoms with E-state index in [0.29, 0.717) is 0 Å². The minimum Gasteiger partial charge on any atom is -0.464 e. The molecule has 0 radical (unpaired) electrons. The zero-order valence-electron chi connectivity index (χ0n) is 9.70. The lowest BCUT2D eigenvalue weighted by atomic mass is 9.89. The van der Waals surface area contributed by atoms with Crippen molar-refractivity contribution < 1.29 is 4.42 Å². The highest BCUT2D eigenvalue weighted by atomic mass is 16.3. The summed E-state index contributed by atoms with van der Waals surface area (Å²) in [5.74, 6) is 0. The Hall–Kier alpha value is -1.76. The lowest BCUT2D eigenvalue weighted by Crippen LogP contribution is -2.02. The number of aryl methyl sites for hydroxylation is 2. The topological polar surface area (TPSA) is 13.1 Å². The summed E-state index contributed by atoms with van der Waals surface area (Å²) in [4.78, 5) is 0. The van der Waals surface area contributed by atoms with E-state index in [-0.39, 0.29) is 0 Å². The van der Waals surface area contributed by atoms with Crippen LogP contribution in [0.25, 0.3) is 21.7 Å². The van der Waals surface area contributed by atoms with Crippen molar-refractivity contribution in [3.05, 3.63) is 47.7 Å². The Bertz CT molecular complexity index is 706. The van der Waals surface area contributed by atoms with Crippen LogP contribution in [-0.4, -0.2) is 0 Å². The lowest BCUT2D eigenvalue weighted by Gasteiger charge is -2.16. The standard InChI is InChI=1S/C16H14O/c1-2-4-13-10-15-14(9-12(13)3-1)6-5-11-7-8-17-16(11)15/h5-10H,1-4H2. The van der Waals surface area contributed by atoms with Gasteiger partial charge < -0.3 is 4.42 Å². The Morgan fingerprint density at radius 3 is 2.47 bits per heavy atom. The molecule has 0 saturated carbocycles. The first-order valence-electron chi connectivity index (χ1n) is 6.33. The fourth-order valence-electron chi connectivity index (χ4n) is 2.99. The third-order valence-electron chi connectivity index (χ3n) is 3.90. The highest BCUT2D eigenvalue weighted by Gasteiger charge is 2.12. The van der Waals surface area contributed by atoms with E-state index in [0.717, 1.165) is 5.58 Å². The largest absolute Gasteiger partial charge is 0.464 e. The Morgan fingerprint density at radius 1 is 0.824 bits per heavy atom. The van der Waals surface area contributed by atoms with Crippen LogP contribution in [0.4, 0.5) is 0 Å². The van der Waals surface area contributed by atoms with Crippen LogP contribution in [0.2, 0.25) is 0 Å². The van der Waals surface area contributed by atoms with Crippen LogP contribution in [-0.2, 0) is 12.8 Å². The molecule has 0 bridgehead atoms. The monoisotopic (exact) mass is 222 g/mol. The molecule has 1 aromatic heterocycles. The third kappa shape index (κ3) is 1.32. The summed E-state index contributed by atoms with van der Waals surface area (Å²) in [6, 6.07) is 11.1. The fourth-order valence-corrected chi connectivity index (χ4v) is 2.99. The molecular formula is C16H14O. The van der Waals surface area contributed by atoms with Crippen molar-refractivity contribution in [2.75, 3.05) is 0 Å². The van der Waals surface area contributed by atoms with Crippen molar-refractivity contribution in [2.45, 2.75) is 25.7 Å². The minimum atomic E-state index is 1.04. The zero-order valence-corrected chi connectivity index (χ0v) is 9.70. The van der Waals surface area contributed by atoms with Gasteiger partial charge in [0.25, 0.3) is 0 Å². The van der Waals surface area contributed by atoms with Crippen molar-refractivity contribution >= 4 is 21.7 Å². The molecule has 1 nitrogen and oxygen atoms in total. The summed E-state index contributed by atoms with van der Waals surface area (Å²) in [5.41, 5.74) is 4.10. The van der Waals surface area contributed by atoms with Gasteiger partial charge in [-0.05, 0) is 54.3 Å². The van der Waals surface area contributed by atoms with E-state index >= 15 is 0 Å². The summed E-state index contributed by atoms with van der Waals surface area (Å²) >= 11 is 0. The van der Waals surface area contributed by atoms with E-state index in [1.54, 1.807) is 6.26 Å². The van der Waals surface area contributed by atoms with Crippen LogP contribution >= 0.6 is 0 Å². The molecule has 1 heterocycles. The van der Waals surface area contributed by atoms with Gasteiger partial charge in [0.05, 0.1) is 6.26 Å². The molecule has 0 fully saturated rings. The minimum absolute atomic E-state index is 1.04. The lowest BCUT2D eigenvalue weighted by molar-refractivity contribution is 0.619. The summed E-state index contributed by atoms with van der Waals surface area (Å²) in [6.07, 6.45) is 6.90. The van der Waals surface area contributed by atoms with Gasteiger partial charge in [0, 0.05) is 10.8 Å². The SMILES string of the molecule is c1cc2ccc3cc4c(cc3c2o1)CCCC4. The van der Waals surface area contributed by atoms with E-state index in [4.69, 9.17) is 4.42 Å². The predicted molar refractivity (Wildman–Crippen MR) is 70.4 cm³/mol. The maximum atomic E-state index is 5.62. The Morgan fingerprint density at radius 2 is 1.59 bits per heavy atom. The number of hydrogen-bond donors (Lipinski definition) is 0. The van der Waals surface area contributed by atoms with Gasteiger partial charge in [0.2, 0.25) is 0 Å². The second kappa shape index (κ2) is 3.36. The molecule has 0 atom stereocenters. The highest BCUT2D eigenvalue weighted by molar-refractivity contribution is 6.04. The second-order valence-electron chi connectivity index (χ2n) is 4.95. The Labute approximate surface area is 100 Å². The molecule has 1 heteroatoms. The molecule has 1 aliphatic rings. The summed E-state index contributed by atoms with van der Waals surface area (Å²) in [6.45, 7) is 0. The highest BCUT2D eigenvalue weighted by Crippen LogP contribution is 2.31. The van der Waals surface area contributed by atoms with Crippen molar-refractivity contribution in [1.29, 1.82) is 0 Å². The molecule has 3 aromatic rings. The fraction of sp³-hybridized carbons (Fsp3) is 0.250. The molecule has 4 rings (SSSR count). The number of hydrogen-bond acceptors (Lipinski definition) is 1. The van der Waals surface area contributed by atoms with Gasteiger partial charge in [0.1, 0.15) is 5.58 Å². The number of furan rings is 1. The van der Waals surface area contributed by atoms with Crippen LogP contribution < -0.4 is 0 Å². The molecular weight excluding hydrogens is 208 g/mol. The van der Waals surface area contributed by atoms with Crippen molar-refractivity contribution in [2.24, 2.45) is 0 Å². The third-order valence-corrected chi connectivity index (χ3v) is 3.90. The molecule has 0 aliphatic heterocycles. The molecule has 1 aliphatic carbocycles. The normalized spacial score (nSPS) is 15.3. The van der Waals surface area contributed by atoms with Gasteiger partial charge in [-0.25, -0.2) is 0 Å². The first-order chi connectivity index (χ1) is 8.42. The van der Waals surface area contributed by atoms with E-state index < -0.39 is 0 Å². The predicted octanol–water partition coefficient (Wildman–Crippen LogP) is 4.46. The number of fused-ring (bicyclic) bond motifs is 4. The molecule has 0 amide bonds. The van der Waals surface area contributed by atoms with E-state index in [9.17, 15) is 0 Å². The smallest absolute Gasteiger partial charge is 0.141 e. The van der Waals surface area contributed by atoms with Crippen molar-refractivity contribution in [1.82, 2.24) is 0 Å². The quantitative estimate of drug-likeness (QED) is 0.547. The van der Waals surface area contributed by atoms with E-state index in [1.165, 1.54) is 53.0 Å². The van der Waals surface area contributed by atoms with Crippen LogP contribution in [0.15, 0.2) is 41.0 Å². The van der Waals surface area contributed by atoms with Gasteiger partial charge >= 0.3 is 0 Å². The average Bonchev–Trinajstić information content (AvgIpc) is 2.85. The van der Waals surface area contributed by atoms with Crippen LogP contribution in [0.1, 0.15) is 24.0 Å². The molecule has 84 valence electrons. The van der Waals surface area contributed by atoms with Crippen molar-refractivity contribution in [3.63, 3.8) is 0 Å². The zero-order chi connectivity index (χ0) is 11.2. The summed E-state index contributed by atoms with van der Waals surface area (Å²) < 4.78 is 5.62.